The summed E-state index contributed by atoms with van der Waals surface area (Å²) < 4.78 is 5.77. The van der Waals surface area contributed by atoms with Crippen LogP contribution >= 0.6 is 11.6 Å². The quantitative estimate of drug-likeness (QED) is 0.801. The van der Waals surface area contributed by atoms with E-state index in [1.54, 1.807) is 0 Å². The van der Waals surface area contributed by atoms with Crippen molar-refractivity contribution in [2.45, 2.75) is 12.8 Å². The fourth-order valence-electron chi connectivity index (χ4n) is 2.34. The van der Waals surface area contributed by atoms with E-state index >= 15 is 0 Å². The first kappa shape index (κ1) is 12.4. The Hall–Kier alpha value is -1.67. The minimum atomic E-state index is 0.719. The van der Waals surface area contributed by atoms with Crippen LogP contribution in [0.3, 0.4) is 0 Å². The van der Waals surface area contributed by atoms with Gasteiger partial charge in [-0.25, -0.2) is 0 Å². The van der Waals surface area contributed by atoms with Crippen LogP contribution in [-0.4, -0.2) is 13.1 Å². The molecule has 1 heterocycles. The minimum absolute atomic E-state index is 0.719. The van der Waals surface area contributed by atoms with E-state index in [4.69, 9.17) is 16.3 Å². The van der Waals surface area contributed by atoms with E-state index in [-0.39, 0.29) is 0 Å². The van der Waals surface area contributed by atoms with Crippen LogP contribution in [0.25, 0.3) is 0 Å². The van der Waals surface area contributed by atoms with Gasteiger partial charge in [0.1, 0.15) is 11.5 Å². The molecule has 1 saturated heterocycles. The van der Waals surface area contributed by atoms with Gasteiger partial charge in [0.15, 0.2) is 0 Å². The zero-order valence-corrected chi connectivity index (χ0v) is 11.4. The predicted molar refractivity (Wildman–Crippen MR) is 79.4 cm³/mol. The van der Waals surface area contributed by atoms with Crippen LogP contribution in [0, 0.1) is 0 Å². The molecule has 2 nitrogen and oxygen atoms in total. The molecule has 1 aliphatic heterocycles. The number of hydrogen-bond acceptors (Lipinski definition) is 2. The molecule has 98 valence electrons. The second-order valence-corrected chi connectivity index (χ2v) is 5.18. The number of ether oxygens (including phenoxy) is 1. The predicted octanol–water partition coefficient (Wildman–Crippen LogP) is 4.73. The highest BCUT2D eigenvalue weighted by Gasteiger charge is 2.11. The van der Waals surface area contributed by atoms with Gasteiger partial charge in [0.25, 0.3) is 0 Å². The first-order chi connectivity index (χ1) is 9.31. The van der Waals surface area contributed by atoms with Crippen LogP contribution in [-0.2, 0) is 0 Å². The fraction of sp³-hybridized carbons (Fsp3) is 0.250. The molecule has 1 aliphatic rings. The molecule has 0 N–H and O–H groups in total. The zero-order chi connectivity index (χ0) is 13.1. The van der Waals surface area contributed by atoms with Crippen molar-refractivity contribution in [1.29, 1.82) is 0 Å². The lowest BCUT2D eigenvalue weighted by Gasteiger charge is -2.17. The number of nitrogens with zero attached hydrogens (tertiary/aromatic N) is 1. The van der Waals surface area contributed by atoms with Crippen LogP contribution in [0.15, 0.2) is 48.5 Å². The van der Waals surface area contributed by atoms with Crippen LogP contribution in [0.5, 0.6) is 11.5 Å². The molecule has 0 amide bonds. The van der Waals surface area contributed by atoms with Crippen molar-refractivity contribution in [2.75, 3.05) is 18.0 Å². The van der Waals surface area contributed by atoms with Crippen LogP contribution in [0.2, 0.25) is 5.02 Å². The minimum Gasteiger partial charge on any atom is -0.457 e. The fourth-order valence-corrected chi connectivity index (χ4v) is 2.47. The summed E-state index contributed by atoms with van der Waals surface area (Å²) in [6.45, 7) is 2.33. The van der Waals surface area contributed by atoms with E-state index in [0.717, 1.165) is 29.6 Å². The summed E-state index contributed by atoms with van der Waals surface area (Å²) in [4.78, 5) is 2.41. The molecule has 0 aliphatic carbocycles. The first-order valence-electron chi connectivity index (χ1n) is 6.60. The third-order valence-corrected chi connectivity index (χ3v) is 3.61. The van der Waals surface area contributed by atoms with Gasteiger partial charge in [0.05, 0.1) is 0 Å². The lowest BCUT2D eigenvalue weighted by molar-refractivity contribution is 0.482. The molecular formula is C16H16ClNO. The molecule has 0 unspecified atom stereocenters. The number of anilines is 1. The van der Waals surface area contributed by atoms with Crippen LogP contribution in [0.1, 0.15) is 12.8 Å². The summed E-state index contributed by atoms with van der Waals surface area (Å²) in [5.41, 5.74) is 1.28. The Morgan fingerprint density at radius 3 is 1.89 bits per heavy atom. The molecule has 0 bridgehead atoms. The lowest BCUT2D eigenvalue weighted by Crippen LogP contribution is -2.17. The summed E-state index contributed by atoms with van der Waals surface area (Å²) in [7, 11) is 0. The third kappa shape index (κ3) is 3.02. The Labute approximate surface area is 118 Å². The van der Waals surface area contributed by atoms with Crippen molar-refractivity contribution < 1.29 is 4.74 Å². The average Bonchev–Trinajstić information content (AvgIpc) is 2.96. The molecule has 19 heavy (non-hydrogen) atoms. The van der Waals surface area contributed by atoms with Gasteiger partial charge >= 0.3 is 0 Å². The van der Waals surface area contributed by atoms with Crippen LogP contribution in [0.4, 0.5) is 5.69 Å². The van der Waals surface area contributed by atoms with Crippen molar-refractivity contribution in [1.82, 2.24) is 0 Å². The van der Waals surface area contributed by atoms with Gasteiger partial charge in [-0.15, -0.1) is 0 Å². The third-order valence-electron chi connectivity index (χ3n) is 3.36. The summed E-state index contributed by atoms with van der Waals surface area (Å²) >= 11 is 5.85. The van der Waals surface area contributed by atoms with E-state index < -0.39 is 0 Å². The molecule has 0 saturated carbocycles. The first-order valence-corrected chi connectivity index (χ1v) is 6.97. The molecule has 2 aromatic rings. The summed E-state index contributed by atoms with van der Waals surface area (Å²) in [5, 5.41) is 0.719. The van der Waals surface area contributed by atoms with Gasteiger partial charge in [-0.05, 0) is 61.4 Å². The monoisotopic (exact) mass is 273 g/mol. The van der Waals surface area contributed by atoms with Crippen molar-refractivity contribution in [2.24, 2.45) is 0 Å². The molecule has 0 atom stereocenters. The van der Waals surface area contributed by atoms with Gasteiger partial charge in [-0.1, -0.05) is 11.6 Å². The Bertz CT molecular complexity index is 530. The summed E-state index contributed by atoms with van der Waals surface area (Å²) in [6.07, 6.45) is 2.59. The number of hydrogen-bond donors (Lipinski definition) is 0. The molecule has 2 aromatic carbocycles. The van der Waals surface area contributed by atoms with Crippen molar-refractivity contribution >= 4 is 17.3 Å². The number of benzene rings is 2. The highest BCUT2D eigenvalue weighted by atomic mass is 35.5. The Morgan fingerprint density at radius 2 is 1.32 bits per heavy atom. The van der Waals surface area contributed by atoms with E-state index in [2.05, 4.69) is 17.0 Å². The topological polar surface area (TPSA) is 12.5 Å². The van der Waals surface area contributed by atoms with Crippen LogP contribution < -0.4 is 9.64 Å². The Balaban J connectivity index is 1.70. The van der Waals surface area contributed by atoms with Gasteiger partial charge in [-0.2, -0.15) is 0 Å². The zero-order valence-electron chi connectivity index (χ0n) is 10.7. The van der Waals surface area contributed by atoms with Crippen molar-refractivity contribution in [3.8, 4) is 11.5 Å². The van der Waals surface area contributed by atoms with Gasteiger partial charge in [-0.3, -0.25) is 0 Å². The maximum Gasteiger partial charge on any atom is 0.127 e. The smallest absolute Gasteiger partial charge is 0.127 e. The van der Waals surface area contributed by atoms with E-state index in [1.807, 2.05) is 36.4 Å². The molecule has 3 rings (SSSR count). The second kappa shape index (κ2) is 5.54. The van der Waals surface area contributed by atoms with Gasteiger partial charge < -0.3 is 9.64 Å². The lowest BCUT2D eigenvalue weighted by atomic mass is 10.3. The highest BCUT2D eigenvalue weighted by molar-refractivity contribution is 6.30. The molecule has 1 fully saturated rings. The van der Waals surface area contributed by atoms with Crippen molar-refractivity contribution in [3.05, 3.63) is 53.6 Å². The summed E-state index contributed by atoms with van der Waals surface area (Å²) in [5.74, 6) is 1.66. The SMILES string of the molecule is Clc1ccc(Oc2ccc(N3CCCC3)cc2)cc1. The molecule has 0 spiro atoms. The van der Waals surface area contributed by atoms with Crippen molar-refractivity contribution in [3.63, 3.8) is 0 Å². The van der Waals surface area contributed by atoms with E-state index in [9.17, 15) is 0 Å². The number of halogens is 1. The van der Waals surface area contributed by atoms with E-state index in [0.29, 0.717) is 0 Å². The standard InChI is InChI=1S/C16H16ClNO/c17-13-3-7-15(8-4-13)19-16-9-5-14(6-10-16)18-11-1-2-12-18/h3-10H,1-2,11-12H2. The largest absolute Gasteiger partial charge is 0.457 e. The number of rotatable bonds is 3. The Kier molecular flexibility index (Phi) is 3.60. The maximum atomic E-state index is 5.85. The van der Waals surface area contributed by atoms with Gasteiger partial charge in [0, 0.05) is 23.8 Å². The Morgan fingerprint density at radius 1 is 0.789 bits per heavy atom. The summed E-state index contributed by atoms with van der Waals surface area (Å²) in [6, 6.07) is 15.7. The highest BCUT2D eigenvalue weighted by Crippen LogP contribution is 2.26. The normalized spacial score (nSPS) is 14.7. The molecular weight excluding hydrogens is 258 g/mol. The van der Waals surface area contributed by atoms with Gasteiger partial charge in [0.2, 0.25) is 0 Å². The average molecular weight is 274 g/mol. The maximum absolute atomic E-state index is 5.85. The molecule has 3 heteroatoms. The van der Waals surface area contributed by atoms with E-state index in [1.165, 1.54) is 18.5 Å². The second-order valence-electron chi connectivity index (χ2n) is 4.74. The molecule has 0 radical (unpaired) electrons. The molecule has 0 aromatic heterocycles.